The quantitative estimate of drug-likeness (QED) is 0.818. The van der Waals surface area contributed by atoms with E-state index >= 15 is 0 Å². The summed E-state index contributed by atoms with van der Waals surface area (Å²) in [6.45, 7) is 2.20. The van der Waals surface area contributed by atoms with Crippen LogP contribution in [0.3, 0.4) is 0 Å². The van der Waals surface area contributed by atoms with Gasteiger partial charge in [-0.3, -0.25) is 4.72 Å². The maximum Gasteiger partial charge on any atom is 0.263 e. The van der Waals surface area contributed by atoms with E-state index in [1.54, 1.807) is 20.0 Å². The number of hydrogen-bond acceptors (Lipinski definition) is 4. The third-order valence-electron chi connectivity index (χ3n) is 2.77. The molecule has 0 unspecified atom stereocenters. The van der Waals surface area contributed by atoms with Crippen molar-refractivity contribution in [3.8, 4) is 0 Å². The zero-order valence-corrected chi connectivity index (χ0v) is 14.6. The number of nitrogens with one attached hydrogen (secondary N) is 2. The van der Waals surface area contributed by atoms with Gasteiger partial charge in [0.25, 0.3) is 10.0 Å². The van der Waals surface area contributed by atoms with Crippen molar-refractivity contribution in [2.45, 2.75) is 18.4 Å². The lowest BCUT2D eigenvalue weighted by molar-refractivity contribution is 0.601. The summed E-state index contributed by atoms with van der Waals surface area (Å²) < 4.78 is 41.1. The third kappa shape index (κ3) is 3.82. The van der Waals surface area contributed by atoms with Crippen molar-refractivity contribution >= 4 is 43.0 Å². The van der Waals surface area contributed by atoms with Gasteiger partial charge in [-0.05, 0) is 53.7 Å². The van der Waals surface area contributed by atoms with Gasteiger partial charge in [0.05, 0.1) is 9.47 Å². The Morgan fingerprint density at radius 1 is 1.33 bits per heavy atom. The molecule has 0 saturated carbocycles. The number of anilines is 1. The van der Waals surface area contributed by atoms with Gasteiger partial charge in [0.2, 0.25) is 0 Å². The first-order valence-electron chi connectivity index (χ1n) is 6.05. The van der Waals surface area contributed by atoms with Crippen LogP contribution >= 0.6 is 27.3 Å². The lowest BCUT2D eigenvalue weighted by Gasteiger charge is -2.08. The number of hydrogen-bond donors (Lipinski definition) is 2. The zero-order valence-electron chi connectivity index (χ0n) is 11.4. The van der Waals surface area contributed by atoms with Gasteiger partial charge in [-0.1, -0.05) is 6.07 Å². The lowest BCUT2D eigenvalue weighted by atomic mass is 10.2. The Labute approximate surface area is 135 Å². The first kappa shape index (κ1) is 16.4. The molecule has 114 valence electrons. The number of thiophene rings is 1. The molecular weight excluding hydrogens is 379 g/mol. The molecule has 0 radical (unpaired) electrons. The second kappa shape index (κ2) is 6.43. The minimum atomic E-state index is -3.75. The largest absolute Gasteiger partial charge is 0.315 e. The van der Waals surface area contributed by atoms with E-state index in [0.29, 0.717) is 15.9 Å². The smallest absolute Gasteiger partial charge is 0.263 e. The van der Waals surface area contributed by atoms with Crippen LogP contribution in [0.2, 0.25) is 0 Å². The fourth-order valence-electron chi connectivity index (χ4n) is 1.71. The Hall–Kier alpha value is -0.960. The molecule has 1 heterocycles. The molecule has 0 spiro atoms. The number of benzene rings is 1. The summed E-state index contributed by atoms with van der Waals surface area (Å²) in [4.78, 5) is 1.04. The van der Waals surface area contributed by atoms with Crippen molar-refractivity contribution in [3.05, 3.63) is 44.3 Å². The first-order chi connectivity index (χ1) is 9.83. The van der Waals surface area contributed by atoms with Gasteiger partial charge in [0.1, 0.15) is 10.7 Å². The van der Waals surface area contributed by atoms with Crippen molar-refractivity contribution in [3.63, 3.8) is 0 Å². The summed E-state index contributed by atoms with van der Waals surface area (Å²) in [5, 5.41) is 2.96. The van der Waals surface area contributed by atoms with Crippen LogP contribution in [0.4, 0.5) is 10.1 Å². The highest BCUT2D eigenvalue weighted by atomic mass is 79.9. The van der Waals surface area contributed by atoms with E-state index in [0.717, 1.165) is 4.88 Å². The maximum atomic E-state index is 13.5. The Balaban J connectivity index is 2.31. The highest BCUT2D eigenvalue weighted by Gasteiger charge is 2.21. The molecule has 2 N–H and O–H groups in total. The van der Waals surface area contributed by atoms with Gasteiger partial charge >= 0.3 is 0 Å². The van der Waals surface area contributed by atoms with E-state index in [-0.39, 0.29) is 10.6 Å². The van der Waals surface area contributed by atoms with Crippen LogP contribution in [0.25, 0.3) is 0 Å². The molecule has 2 aromatic rings. The highest BCUT2D eigenvalue weighted by Crippen LogP contribution is 2.32. The van der Waals surface area contributed by atoms with Crippen molar-refractivity contribution in [2.24, 2.45) is 0 Å². The average molecular weight is 393 g/mol. The molecular formula is C13H14BrFN2O2S2. The molecule has 1 aromatic heterocycles. The topological polar surface area (TPSA) is 58.2 Å². The van der Waals surface area contributed by atoms with Gasteiger partial charge in [-0.15, -0.1) is 11.3 Å². The Kier molecular flexibility index (Phi) is 5.03. The standard InChI is InChI=1S/C13H14BrFN2O2S2/c1-8-3-4-9(5-11(8)15)17-21(18,19)12-6-10(7-16-2)20-13(12)14/h3-6,16-17H,7H2,1-2H3. The minimum Gasteiger partial charge on any atom is -0.315 e. The molecule has 0 atom stereocenters. The summed E-state index contributed by atoms with van der Waals surface area (Å²) in [6, 6.07) is 5.83. The normalized spacial score (nSPS) is 11.6. The SMILES string of the molecule is CNCc1cc(S(=O)(=O)Nc2ccc(C)c(F)c2)c(Br)s1. The maximum absolute atomic E-state index is 13.5. The van der Waals surface area contributed by atoms with Gasteiger partial charge < -0.3 is 5.32 Å². The van der Waals surface area contributed by atoms with Crippen molar-refractivity contribution in [2.75, 3.05) is 11.8 Å². The van der Waals surface area contributed by atoms with Crippen LogP contribution in [0.15, 0.2) is 32.9 Å². The molecule has 0 amide bonds. The second-order valence-electron chi connectivity index (χ2n) is 4.45. The van der Waals surface area contributed by atoms with Crippen LogP contribution in [-0.2, 0) is 16.6 Å². The number of sulfonamides is 1. The van der Waals surface area contributed by atoms with E-state index in [1.807, 2.05) is 0 Å². The molecule has 4 nitrogen and oxygen atoms in total. The minimum absolute atomic E-state index is 0.152. The summed E-state index contributed by atoms with van der Waals surface area (Å²) in [7, 11) is -1.97. The summed E-state index contributed by atoms with van der Waals surface area (Å²) in [5.41, 5.74) is 0.664. The highest BCUT2D eigenvalue weighted by molar-refractivity contribution is 9.11. The summed E-state index contributed by atoms with van der Waals surface area (Å²) in [5.74, 6) is -0.449. The molecule has 2 rings (SSSR count). The van der Waals surface area contributed by atoms with E-state index in [1.165, 1.54) is 29.5 Å². The van der Waals surface area contributed by atoms with Crippen molar-refractivity contribution in [1.82, 2.24) is 5.32 Å². The Morgan fingerprint density at radius 2 is 2.05 bits per heavy atom. The number of halogens is 2. The molecule has 8 heteroatoms. The van der Waals surface area contributed by atoms with Crippen LogP contribution in [-0.4, -0.2) is 15.5 Å². The van der Waals surface area contributed by atoms with E-state index in [9.17, 15) is 12.8 Å². The molecule has 1 aromatic carbocycles. The van der Waals surface area contributed by atoms with Crippen molar-refractivity contribution in [1.29, 1.82) is 0 Å². The molecule has 0 aliphatic rings. The first-order valence-corrected chi connectivity index (χ1v) is 9.14. The van der Waals surface area contributed by atoms with E-state index in [4.69, 9.17) is 0 Å². The van der Waals surface area contributed by atoms with Crippen LogP contribution < -0.4 is 10.0 Å². The predicted octanol–water partition coefficient (Wildman–Crippen LogP) is 3.48. The van der Waals surface area contributed by atoms with Gasteiger partial charge in [0, 0.05) is 11.4 Å². The van der Waals surface area contributed by atoms with E-state index < -0.39 is 15.8 Å². The molecule has 0 aliphatic heterocycles. The van der Waals surface area contributed by atoms with Crippen LogP contribution in [0.1, 0.15) is 10.4 Å². The monoisotopic (exact) mass is 392 g/mol. The molecule has 0 saturated heterocycles. The summed E-state index contributed by atoms with van der Waals surface area (Å²) >= 11 is 4.60. The lowest BCUT2D eigenvalue weighted by Crippen LogP contribution is -2.13. The van der Waals surface area contributed by atoms with Gasteiger partial charge in [-0.25, -0.2) is 12.8 Å². The predicted molar refractivity (Wildman–Crippen MR) is 86.7 cm³/mol. The fourth-order valence-corrected chi connectivity index (χ4v) is 5.45. The third-order valence-corrected chi connectivity index (χ3v) is 6.40. The van der Waals surface area contributed by atoms with Crippen LogP contribution in [0.5, 0.6) is 0 Å². The molecule has 0 fully saturated rings. The Bertz CT molecular complexity index is 760. The van der Waals surface area contributed by atoms with Crippen molar-refractivity contribution < 1.29 is 12.8 Å². The molecule has 21 heavy (non-hydrogen) atoms. The van der Waals surface area contributed by atoms with Gasteiger partial charge in [-0.2, -0.15) is 0 Å². The average Bonchev–Trinajstić information content (AvgIpc) is 2.76. The fraction of sp³-hybridized carbons (Fsp3) is 0.231. The number of aryl methyl sites for hydroxylation is 1. The van der Waals surface area contributed by atoms with E-state index in [2.05, 4.69) is 26.0 Å². The Morgan fingerprint density at radius 3 is 2.67 bits per heavy atom. The van der Waals surface area contributed by atoms with Crippen LogP contribution in [0, 0.1) is 12.7 Å². The molecule has 0 bridgehead atoms. The number of rotatable bonds is 5. The second-order valence-corrected chi connectivity index (χ2v) is 8.56. The summed E-state index contributed by atoms with van der Waals surface area (Å²) in [6.07, 6.45) is 0. The van der Waals surface area contributed by atoms with Gasteiger partial charge in [0.15, 0.2) is 0 Å². The molecule has 0 aliphatic carbocycles. The zero-order chi connectivity index (χ0) is 15.6.